The highest BCUT2D eigenvalue weighted by Crippen LogP contribution is 2.55. The van der Waals surface area contributed by atoms with Crippen LogP contribution in [0.4, 0.5) is 18.9 Å². The van der Waals surface area contributed by atoms with E-state index in [0.717, 1.165) is 17.7 Å². The van der Waals surface area contributed by atoms with E-state index in [9.17, 15) is 22.8 Å². The van der Waals surface area contributed by atoms with Crippen LogP contribution in [0.25, 0.3) is 0 Å². The number of halogens is 3. The molecule has 1 spiro atoms. The molecule has 0 bridgehead atoms. The van der Waals surface area contributed by atoms with Crippen LogP contribution in [0.3, 0.4) is 0 Å². The Kier molecular flexibility index (Phi) is 5.28. The van der Waals surface area contributed by atoms with Gasteiger partial charge in [0.25, 0.3) is 5.91 Å². The minimum absolute atomic E-state index is 0.0970. The van der Waals surface area contributed by atoms with Gasteiger partial charge in [-0.3, -0.25) is 14.5 Å². The predicted octanol–water partition coefficient (Wildman–Crippen LogP) is 5.99. The minimum Gasteiger partial charge on any atom is -0.356 e. The summed E-state index contributed by atoms with van der Waals surface area (Å²) >= 11 is 0. The Bertz CT molecular complexity index is 1100. The molecule has 2 saturated heterocycles. The largest absolute Gasteiger partial charge is 0.416 e. The molecule has 0 N–H and O–H groups in total. The number of anilines is 1. The molecule has 0 aliphatic carbocycles. The summed E-state index contributed by atoms with van der Waals surface area (Å²) in [5, 5.41) is 0. The zero-order chi connectivity index (χ0) is 24.4. The number of hydrogen-bond donors (Lipinski definition) is 0. The molecule has 7 heteroatoms. The molecular weight excluding hydrogens is 431 g/mol. The summed E-state index contributed by atoms with van der Waals surface area (Å²) in [6.45, 7) is 9.61. The first-order valence-electron chi connectivity index (χ1n) is 11.0. The molecule has 2 fully saturated rings. The van der Waals surface area contributed by atoms with Crippen LogP contribution in [-0.4, -0.2) is 22.9 Å². The molecule has 2 heterocycles. The van der Waals surface area contributed by atoms with Crippen molar-refractivity contribution in [1.82, 2.24) is 0 Å². The maximum absolute atomic E-state index is 13.7. The third-order valence-corrected chi connectivity index (χ3v) is 6.35. The van der Waals surface area contributed by atoms with Crippen molar-refractivity contribution in [3.8, 4) is 0 Å². The number of Topliss-reactive ketones (excluding diaryl/α,β-unsaturated/α-hetero) is 1. The minimum atomic E-state index is -4.47. The van der Waals surface area contributed by atoms with Crippen LogP contribution in [0.2, 0.25) is 0 Å². The number of carbonyl (C=O) groups excluding carboxylic acids is 2. The molecule has 176 valence electrons. The summed E-state index contributed by atoms with van der Waals surface area (Å²) in [5.41, 5.74) is -1.26. The van der Waals surface area contributed by atoms with Crippen molar-refractivity contribution in [2.45, 2.75) is 76.3 Å². The molecule has 33 heavy (non-hydrogen) atoms. The Morgan fingerprint density at radius 1 is 0.939 bits per heavy atom. The zero-order valence-electron chi connectivity index (χ0n) is 19.4. The summed E-state index contributed by atoms with van der Waals surface area (Å²) in [6, 6.07) is 11.5. The summed E-state index contributed by atoms with van der Waals surface area (Å²) in [4.78, 5) is 28.0. The number of amides is 1. The molecule has 0 saturated carbocycles. The molecule has 1 amide bonds. The smallest absolute Gasteiger partial charge is 0.356 e. The van der Waals surface area contributed by atoms with Gasteiger partial charge in [0.2, 0.25) is 0 Å². The van der Waals surface area contributed by atoms with Crippen molar-refractivity contribution in [2.24, 2.45) is 0 Å². The lowest BCUT2D eigenvalue weighted by molar-refractivity contribution is -0.210. The Balaban J connectivity index is 1.87. The quantitative estimate of drug-likeness (QED) is 0.519. The van der Waals surface area contributed by atoms with E-state index in [4.69, 9.17) is 4.74 Å². The second-order valence-corrected chi connectivity index (χ2v) is 10.6. The van der Waals surface area contributed by atoms with Crippen molar-refractivity contribution in [3.05, 3.63) is 65.2 Å². The summed E-state index contributed by atoms with van der Waals surface area (Å²) in [7, 11) is 0. The average Bonchev–Trinajstić information content (AvgIpc) is 2.68. The standard InChI is InChI=1S/C26H28F3NO3/c1-23(2,3)19-8-6-7-9-20(19)30-21(16-10-12-17(13-11-16)26(27,28)29)25(22(30)32)15-18(31)14-24(4,5)33-25/h6-13,21H,14-15H2,1-5H3/t21-,25+/m1/s1. The SMILES string of the molecule is CC1(C)CC(=O)C[C@@]2(O1)C(=O)N(c1ccccc1C(C)(C)C)[C@@H]2c1ccc(C(F)(F)F)cc1. The zero-order valence-corrected chi connectivity index (χ0v) is 19.4. The molecule has 0 radical (unpaired) electrons. The van der Waals surface area contributed by atoms with E-state index in [1.807, 2.05) is 45.0 Å². The Morgan fingerprint density at radius 3 is 2.09 bits per heavy atom. The van der Waals surface area contributed by atoms with Gasteiger partial charge in [0.1, 0.15) is 11.8 Å². The summed E-state index contributed by atoms with van der Waals surface area (Å²) in [6.07, 6.45) is -4.39. The number of rotatable bonds is 2. The van der Waals surface area contributed by atoms with Gasteiger partial charge in [-0.2, -0.15) is 13.2 Å². The third-order valence-electron chi connectivity index (χ3n) is 6.35. The number of carbonyl (C=O) groups is 2. The number of ether oxygens (including phenoxy) is 1. The summed E-state index contributed by atoms with van der Waals surface area (Å²) in [5.74, 6) is -0.439. The first-order chi connectivity index (χ1) is 15.2. The fourth-order valence-electron chi connectivity index (χ4n) is 5.09. The van der Waals surface area contributed by atoms with E-state index in [1.165, 1.54) is 12.1 Å². The lowest BCUT2D eigenvalue weighted by Gasteiger charge is -2.59. The third kappa shape index (κ3) is 3.97. The second-order valence-electron chi connectivity index (χ2n) is 10.6. The van der Waals surface area contributed by atoms with Crippen molar-refractivity contribution in [3.63, 3.8) is 0 Å². The van der Waals surface area contributed by atoms with E-state index in [2.05, 4.69) is 0 Å². The maximum atomic E-state index is 13.7. The van der Waals surface area contributed by atoms with Crippen LogP contribution < -0.4 is 4.90 Å². The first-order valence-corrected chi connectivity index (χ1v) is 11.0. The Morgan fingerprint density at radius 2 is 1.55 bits per heavy atom. The van der Waals surface area contributed by atoms with Crippen LogP contribution in [0.1, 0.15) is 70.2 Å². The molecule has 2 atom stereocenters. The predicted molar refractivity (Wildman–Crippen MR) is 119 cm³/mol. The van der Waals surface area contributed by atoms with Crippen molar-refractivity contribution < 1.29 is 27.5 Å². The molecule has 2 aromatic rings. The van der Waals surface area contributed by atoms with E-state index in [-0.39, 0.29) is 29.9 Å². The van der Waals surface area contributed by atoms with Crippen LogP contribution in [0.15, 0.2) is 48.5 Å². The molecule has 4 nitrogen and oxygen atoms in total. The normalized spacial score (nSPS) is 25.3. The van der Waals surface area contributed by atoms with Gasteiger partial charge >= 0.3 is 6.18 Å². The van der Waals surface area contributed by atoms with Crippen LogP contribution >= 0.6 is 0 Å². The average molecular weight is 460 g/mol. The fraction of sp³-hybridized carbons (Fsp3) is 0.462. The van der Waals surface area contributed by atoms with Gasteiger partial charge in [-0.15, -0.1) is 0 Å². The molecule has 0 unspecified atom stereocenters. The van der Waals surface area contributed by atoms with Gasteiger partial charge in [0, 0.05) is 18.5 Å². The van der Waals surface area contributed by atoms with Gasteiger partial charge in [0.15, 0.2) is 5.60 Å². The first kappa shape index (κ1) is 23.5. The van der Waals surface area contributed by atoms with E-state index in [0.29, 0.717) is 11.3 Å². The van der Waals surface area contributed by atoms with Crippen LogP contribution in [0, 0.1) is 0 Å². The number of benzene rings is 2. The summed E-state index contributed by atoms with van der Waals surface area (Å²) < 4.78 is 45.8. The van der Waals surface area contributed by atoms with E-state index >= 15 is 0 Å². The van der Waals surface area contributed by atoms with Gasteiger partial charge in [0.05, 0.1) is 11.2 Å². The van der Waals surface area contributed by atoms with Gasteiger partial charge in [-0.1, -0.05) is 51.1 Å². The number of alkyl halides is 3. The van der Waals surface area contributed by atoms with E-state index in [1.54, 1.807) is 18.7 Å². The molecule has 2 aliphatic rings. The Hall–Kier alpha value is -2.67. The van der Waals surface area contributed by atoms with Crippen LogP contribution in [0.5, 0.6) is 0 Å². The maximum Gasteiger partial charge on any atom is 0.416 e. The molecule has 4 rings (SSSR count). The monoisotopic (exact) mass is 459 g/mol. The highest BCUT2D eigenvalue weighted by Gasteiger charge is 2.67. The van der Waals surface area contributed by atoms with Gasteiger partial charge in [-0.25, -0.2) is 0 Å². The number of ketones is 1. The second kappa shape index (κ2) is 7.42. The van der Waals surface area contributed by atoms with E-state index < -0.39 is 29.0 Å². The number of nitrogens with zero attached hydrogens (tertiary/aromatic N) is 1. The highest BCUT2D eigenvalue weighted by molar-refractivity contribution is 6.11. The number of β-lactam (4-membered cyclic amide) rings is 1. The lowest BCUT2D eigenvalue weighted by Crippen LogP contribution is -2.74. The number of hydrogen-bond acceptors (Lipinski definition) is 3. The van der Waals surface area contributed by atoms with Crippen molar-refractivity contribution in [1.29, 1.82) is 0 Å². The molecule has 0 aromatic heterocycles. The molecule has 2 aromatic carbocycles. The van der Waals surface area contributed by atoms with Gasteiger partial charge < -0.3 is 4.74 Å². The topological polar surface area (TPSA) is 46.6 Å². The fourth-order valence-corrected chi connectivity index (χ4v) is 5.09. The van der Waals surface area contributed by atoms with Crippen molar-refractivity contribution >= 4 is 17.4 Å². The molecular formula is C26H28F3NO3. The Labute approximate surface area is 191 Å². The van der Waals surface area contributed by atoms with Gasteiger partial charge in [-0.05, 0) is 48.6 Å². The highest BCUT2D eigenvalue weighted by atomic mass is 19.4. The van der Waals surface area contributed by atoms with Crippen LogP contribution in [-0.2, 0) is 25.9 Å². The van der Waals surface area contributed by atoms with Crippen molar-refractivity contribution in [2.75, 3.05) is 4.90 Å². The molecule has 2 aliphatic heterocycles. The lowest BCUT2D eigenvalue weighted by atomic mass is 9.70. The number of para-hydroxylation sites is 1.